The zero-order valence-corrected chi connectivity index (χ0v) is 14.2. The third kappa shape index (κ3) is 3.04. The van der Waals surface area contributed by atoms with Gasteiger partial charge < -0.3 is 29.8 Å². The molecule has 3 N–H and O–H groups in total. The molecule has 0 spiro atoms. The summed E-state index contributed by atoms with van der Waals surface area (Å²) in [5.74, 6) is 1.25. The number of aromatic nitrogens is 1. The molecule has 134 valence electrons. The first kappa shape index (κ1) is 16.3. The van der Waals surface area contributed by atoms with Crippen LogP contribution in [0.1, 0.15) is 11.7 Å². The maximum Gasteiger partial charge on any atom is 0.319 e. The van der Waals surface area contributed by atoms with Crippen LogP contribution in [-0.4, -0.2) is 29.0 Å². The van der Waals surface area contributed by atoms with Crippen LogP contribution in [0.5, 0.6) is 11.5 Å². The van der Waals surface area contributed by atoms with Crippen LogP contribution in [-0.2, 0) is 7.05 Å². The van der Waals surface area contributed by atoms with Crippen LogP contribution in [0.4, 0.5) is 10.5 Å². The van der Waals surface area contributed by atoms with Crippen molar-refractivity contribution < 1.29 is 19.4 Å². The largest absolute Gasteiger partial charge is 0.454 e. The topological polar surface area (TPSA) is 84.8 Å². The second-order valence-corrected chi connectivity index (χ2v) is 6.13. The molecule has 0 aliphatic carbocycles. The lowest BCUT2D eigenvalue weighted by atomic mass is 10.1. The molecule has 2 heterocycles. The van der Waals surface area contributed by atoms with Crippen molar-refractivity contribution in [3.8, 4) is 11.5 Å². The highest BCUT2D eigenvalue weighted by Crippen LogP contribution is 2.34. The quantitative estimate of drug-likeness (QED) is 0.673. The summed E-state index contributed by atoms with van der Waals surface area (Å²) in [6.45, 7) is 0.284. The van der Waals surface area contributed by atoms with Gasteiger partial charge >= 0.3 is 6.03 Å². The number of aryl methyl sites for hydroxylation is 1. The zero-order valence-electron chi connectivity index (χ0n) is 14.2. The fourth-order valence-corrected chi connectivity index (χ4v) is 3.09. The number of fused-ring (bicyclic) bond motifs is 2. The van der Waals surface area contributed by atoms with E-state index in [2.05, 4.69) is 10.6 Å². The highest BCUT2D eigenvalue weighted by atomic mass is 16.7. The van der Waals surface area contributed by atoms with E-state index < -0.39 is 12.1 Å². The molecule has 2 aromatic carbocycles. The minimum absolute atomic E-state index is 0.102. The van der Waals surface area contributed by atoms with E-state index in [9.17, 15) is 9.90 Å². The summed E-state index contributed by atoms with van der Waals surface area (Å²) in [5, 5.41) is 16.9. The van der Waals surface area contributed by atoms with Crippen LogP contribution in [0.2, 0.25) is 0 Å². The first-order valence-corrected chi connectivity index (χ1v) is 8.28. The molecule has 4 rings (SSSR count). The maximum atomic E-state index is 12.1. The molecule has 26 heavy (non-hydrogen) atoms. The molecule has 0 unspecified atom stereocenters. The van der Waals surface area contributed by atoms with E-state index in [1.807, 2.05) is 42.1 Å². The van der Waals surface area contributed by atoms with Gasteiger partial charge in [0, 0.05) is 48.0 Å². The molecule has 0 radical (unpaired) electrons. The molecule has 1 atom stereocenters. The average molecular weight is 353 g/mol. The Morgan fingerprint density at radius 1 is 1.23 bits per heavy atom. The van der Waals surface area contributed by atoms with Gasteiger partial charge in [-0.15, -0.1) is 0 Å². The standard InChI is InChI=1S/C19H19N3O4/c1-22-10-14(13-4-2-3-5-15(13)22)16(23)9-20-19(24)21-12-6-7-17-18(8-12)26-11-25-17/h2-8,10,16,23H,9,11H2,1H3,(H2,20,21,24)/t16-/m0/s1. The zero-order chi connectivity index (χ0) is 18.1. The highest BCUT2D eigenvalue weighted by Gasteiger charge is 2.17. The summed E-state index contributed by atoms with van der Waals surface area (Å²) >= 11 is 0. The van der Waals surface area contributed by atoms with Crippen LogP contribution < -0.4 is 20.1 Å². The van der Waals surface area contributed by atoms with E-state index in [0.717, 1.165) is 16.5 Å². The monoisotopic (exact) mass is 353 g/mol. The smallest absolute Gasteiger partial charge is 0.319 e. The average Bonchev–Trinajstić information content (AvgIpc) is 3.24. The third-order valence-corrected chi connectivity index (χ3v) is 4.37. The van der Waals surface area contributed by atoms with Gasteiger partial charge in [-0.25, -0.2) is 4.79 Å². The Bertz CT molecular complexity index is 967. The van der Waals surface area contributed by atoms with E-state index in [0.29, 0.717) is 17.2 Å². The number of nitrogens with zero attached hydrogens (tertiary/aromatic N) is 1. The summed E-state index contributed by atoms with van der Waals surface area (Å²) in [4.78, 5) is 12.1. The Kier molecular flexibility index (Phi) is 4.14. The first-order chi connectivity index (χ1) is 12.6. The number of ether oxygens (including phenoxy) is 2. The number of aliphatic hydroxyl groups is 1. The van der Waals surface area contributed by atoms with Gasteiger partial charge in [0.25, 0.3) is 0 Å². The van der Waals surface area contributed by atoms with Crippen molar-refractivity contribution in [2.45, 2.75) is 6.10 Å². The number of benzene rings is 2. The number of urea groups is 1. The second-order valence-electron chi connectivity index (χ2n) is 6.13. The Labute approximate surface area is 150 Å². The molecule has 0 saturated carbocycles. The number of para-hydroxylation sites is 1. The van der Waals surface area contributed by atoms with E-state index in [1.54, 1.807) is 18.2 Å². The number of anilines is 1. The third-order valence-electron chi connectivity index (χ3n) is 4.37. The fraction of sp³-hybridized carbons (Fsp3) is 0.211. The van der Waals surface area contributed by atoms with Crippen molar-refractivity contribution in [1.29, 1.82) is 0 Å². The van der Waals surface area contributed by atoms with Gasteiger partial charge in [0.2, 0.25) is 6.79 Å². The van der Waals surface area contributed by atoms with Crippen LogP contribution in [0.3, 0.4) is 0 Å². The number of carbonyl (C=O) groups is 1. The number of nitrogens with one attached hydrogen (secondary N) is 2. The summed E-state index contributed by atoms with van der Waals surface area (Å²) in [7, 11) is 1.93. The van der Waals surface area contributed by atoms with E-state index >= 15 is 0 Å². The van der Waals surface area contributed by atoms with Crippen molar-refractivity contribution >= 4 is 22.6 Å². The molecule has 2 amide bonds. The lowest BCUT2D eigenvalue weighted by Crippen LogP contribution is -2.32. The van der Waals surface area contributed by atoms with Crippen molar-refractivity contribution in [1.82, 2.24) is 9.88 Å². The molecule has 0 saturated heterocycles. The molecule has 0 bridgehead atoms. The summed E-state index contributed by atoms with van der Waals surface area (Å²) < 4.78 is 12.5. The number of amides is 2. The molecule has 7 heteroatoms. The number of aliphatic hydroxyl groups excluding tert-OH is 1. The fourth-order valence-electron chi connectivity index (χ4n) is 3.09. The molecule has 0 fully saturated rings. The van der Waals surface area contributed by atoms with Gasteiger partial charge in [0.1, 0.15) is 0 Å². The van der Waals surface area contributed by atoms with Crippen molar-refractivity contribution in [2.75, 3.05) is 18.7 Å². The van der Waals surface area contributed by atoms with Gasteiger partial charge in [-0.2, -0.15) is 0 Å². The highest BCUT2D eigenvalue weighted by molar-refractivity contribution is 5.90. The Morgan fingerprint density at radius 3 is 2.92 bits per heavy atom. The molecule has 1 aliphatic heterocycles. The van der Waals surface area contributed by atoms with Crippen LogP contribution in [0.25, 0.3) is 10.9 Å². The normalized spacial score (nSPS) is 13.6. The number of rotatable bonds is 4. The van der Waals surface area contributed by atoms with Crippen LogP contribution in [0, 0.1) is 0 Å². The second kappa shape index (κ2) is 6.61. The number of carbonyl (C=O) groups excluding carboxylic acids is 1. The van der Waals surface area contributed by atoms with E-state index in [-0.39, 0.29) is 13.3 Å². The molecule has 3 aromatic rings. The van der Waals surface area contributed by atoms with Gasteiger partial charge in [-0.1, -0.05) is 18.2 Å². The molecular weight excluding hydrogens is 334 g/mol. The minimum atomic E-state index is -0.802. The maximum absolute atomic E-state index is 12.1. The summed E-state index contributed by atoms with van der Waals surface area (Å²) in [5.41, 5.74) is 2.41. The van der Waals surface area contributed by atoms with Crippen LogP contribution >= 0.6 is 0 Å². The summed E-state index contributed by atoms with van der Waals surface area (Å²) in [6.07, 6.45) is 1.08. The number of hydrogen-bond donors (Lipinski definition) is 3. The Hall–Kier alpha value is -3.19. The van der Waals surface area contributed by atoms with E-state index in [4.69, 9.17) is 9.47 Å². The van der Waals surface area contributed by atoms with Gasteiger partial charge in [-0.05, 0) is 18.2 Å². The van der Waals surface area contributed by atoms with Gasteiger partial charge in [0.15, 0.2) is 11.5 Å². The Balaban J connectivity index is 1.39. The van der Waals surface area contributed by atoms with Crippen molar-refractivity contribution in [2.24, 2.45) is 7.05 Å². The van der Waals surface area contributed by atoms with E-state index in [1.165, 1.54) is 0 Å². The first-order valence-electron chi connectivity index (χ1n) is 8.28. The lowest BCUT2D eigenvalue weighted by Gasteiger charge is -2.12. The van der Waals surface area contributed by atoms with Gasteiger partial charge in [0.05, 0.1) is 6.10 Å². The van der Waals surface area contributed by atoms with Crippen LogP contribution in [0.15, 0.2) is 48.7 Å². The van der Waals surface area contributed by atoms with Gasteiger partial charge in [-0.3, -0.25) is 0 Å². The SMILES string of the molecule is Cn1cc([C@@H](O)CNC(=O)Nc2ccc3c(c2)OCO3)c2ccccc21. The molecule has 7 nitrogen and oxygen atoms in total. The number of hydrogen-bond acceptors (Lipinski definition) is 4. The minimum Gasteiger partial charge on any atom is -0.454 e. The molecular formula is C19H19N3O4. The lowest BCUT2D eigenvalue weighted by molar-refractivity contribution is 0.174. The molecule has 1 aliphatic rings. The molecule has 1 aromatic heterocycles. The predicted octanol–water partition coefficient (Wildman–Crippen LogP) is 2.76. The Morgan fingerprint density at radius 2 is 2.04 bits per heavy atom. The van der Waals surface area contributed by atoms with Crippen molar-refractivity contribution in [3.63, 3.8) is 0 Å². The van der Waals surface area contributed by atoms with Crippen molar-refractivity contribution in [3.05, 3.63) is 54.2 Å². The predicted molar refractivity (Wildman–Crippen MR) is 97.5 cm³/mol. The summed E-state index contributed by atoms with van der Waals surface area (Å²) in [6, 6.07) is 12.6.